The molecule has 4 saturated heterocycles. The first-order chi connectivity index (χ1) is 23.3. The molecule has 0 bridgehead atoms. The lowest BCUT2D eigenvalue weighted by Crippen LogP contribution is -2.58. The second-order valence-corrected chi connectivity index (χ2v) is 15.4. The summed E-state index contributed by atoms with van der Waals surface area (Å²) in [6, 6.07) is 17.5. The van der Waals surface area contributed by atoms with Crippen LogP contribution in [-0.2, 0) is 27.4 Å². The number of carbonyl (C=O) groups is 3. The molecule has 0 spiro atoms. The van der Waals surface area contributed by atoms with Crippen molar-refractivity contribution in [1.29, 1.82) is 0 Å². The van der Waals surface area contributed by atoms with Crippen molar-refractivity contribution in [2.45, 2.75) is 104 Å². The molecule has 0 saturated carbocycles. The number of carbonyl (C=O) groups excluding carboxylic acids is 3. The van der Waals surface area contributed by atoms with Gasteiger partial charge in [-0.25, -0.2) is 4.79 Å². The first-order valence-corrected chi connectivity index (χ1v) is 18.2. The molecule has 6 rings (SSSR count). The first kappa shape index (κ1) is 36.8. The fourth-order valence-corrected chi connectivity index (χ4v) is 7.45. The largest absolute Gasteiger partial charge is 0.444 e. The van der Waals surface area contributed by atoms with Gasteiger partial charge in [-0.2, -0.15) is 0 Å². The molecule has 2 aromatic carbocycles. The summed E-state index contributed by atoms with van der Waals surface area (Å²) < 4.78 is 5.49. The van der Waals surface area contributed by atoms with Gasteiger partial charge in [-0.15, -0.1) is 0 Å². The standard InChI is InChI=1S/C22H33N3O3.C17H25N3O/c1-16-6-8-18(9-7-16)15-23-11-10-19(20(23)26)25-13-12-24(14-17(25)2)21(27)28-22(3,4)5;1-13-3-5-15(6-4-13)12-19-9-7-16(17(19)21)20-10-8-18-11-14(20)2/h6-9,17,19H,10-15H2,1-5H3;3-6,14,16,18H,7-12H2,1-2H3/t17?,19-;14?,16-/m11/s1. The minimum atomic E-state index is -0.491. The highest BCUT2D eigenvalue weighted by atomic mass is 16.6. The summed E-state index contributed by atoms with van der Waals surface area (Å²) in [7, 11) is 0. The maximum absolute atomic E-state index is 13.0. The number of nitrogens with one attached hydrogen (secondary N) is 1. The zero-order valence-corrected chi connectivity index (χ0v) is 30.8. The molecular formula is C39H58N6O4. The molecule has 49 heavy (non-hydrogen) atoms. The number of likely N-dealkylation sites (tertiary alicyclic amines) is 2. The van der Waals surface area contributed by atoms with Crippen molar-refractivity contribution in [2.75, 3.05) is 52.4 Å². The van der Waals surface area contributed by atoms with Gasteiger partial charge in [0.1, 0.15) is 5.60 Å². The summed E-state index contributed by atoms with van der Waals surface area (Å²) in [4.78, 5) is 48.4. The predicted octanol–water partition coefficient (Wildman–Crippen LogP) is 4.43. The number of ether oxygens (including phenoxy) is 1. The Morgan fingerprint density at radius 2 is 1.22 bits per heavy atom. The van der Waals surface area contributed by atoms with Gasteiger partial charge in [-0.05, 0) is 72.4 Å². The molecule has 0 radical (unpaired) electrons. The van der Waals surface area contributed by atoms with E-state index in [1.807, 2.05) is 30.6 Å². The van der Waals surface area contributed by atoms with E-state index in [1.54, 1.807) is 4.90 Å². The van der Waals surface area contributed by atoms with Gasteiger partial charge in [0, 0.05) is 77.5 Å². The molecule has 0 aliphatic carbocycles. The lowest BCUT2D eigenvalue weighted by molar-refractivity contribution is -0.134. The SMILES string of the molecule is Cc1ccc(CN2CC[C@@H](N3CCN(C(=O)OC(C)(C)C)CC3C)C2=O)cc1.Cc1ccc(CN2CC[C@@H](N3CCNCC3C)C2=O)cc1. The summed E-state index contributed by atoms with van der Waals surface area (Å²) in [6.45, 7) is 22.0. The van der Waals surface area contributed by atoms with Crippen LogP contribution in [0.3, 0.4) is 0 Å². The molecule has 0 aromatic heterocycles. The predicted molar refractivity (Wildman–Crippen MR) is 193 cm³/mol. The van der Waals surface area contributed by atoms with Crippen molar-refractivity contribution in [3.63, 3.8) is 0 Å². The Labute approximate surface area is 293 Å². The maximum atomic E-state index is 13.0. The summed E-state index contributed by atoms with van der Waals surface area (Å²) in [5.74, 6) is 0.516. The third-order valence-electron chi connectivity index (χ3n) is 10.2. The van der Waals surface area contributed by atoms with Crippen LogP contribution in [0.2, 0.25) is 0 Å². The third-order valence-corrected chi connectivity index (χ3v) is 10.2. The number of rotatable bonds is 6. The summed E-state index contributed by atoms with van der Waals surface area (Å²) in [5, 5.41) is 3.39. The second kappa shape index (κ2) is 16.0. The number of aryl methyl sites for hydroxylation is 2. The molecule has 2 aromatic rings. The van der Waals surface area contributed by atoms with Gasteiger partial charge < -0.3 is 24.8 Å². The minimum Gasteiger partial charge on any atom is -0.444 e. The average molecular weight is 675 g/mol. The van der Waals surface area contributed by atoms with E-state index < -0.39 is 5.60 Å². The van der Waals surface area contributed by atoms with Gasteiger partial charge in [0.2, 0.25) is 11.8 Å². The molecule has 4 aliphatic rings. The highest BCUT2D eigenvalue weighted by Crippen LogP contribution is 2.25. The molecule has 4 heterocycles. The van der Waals surface area contributed by atoms with E-state index in [0.717, 1.165) is 52.1 Å². The van der Waals surface area contributed by atoms with E-state index in [0.29, 0.717) is 38.1 Å². The summed E-state index contributed by atoms with van der Waals surface area (Å²) >= 11 is 0. The van der Waals surface area contributed by atoms with Gasteiger partial charge in [-0.3, -0.25) is 19.4 Å². The van der Waals surface area contributed by atoms with E-state index in [-0.39, 0.29) is 30.1 Å². The van der Waals surface area contributed by atoms with Crippen LogP contribution >= 0.6 is 0 Å². The third kappa shape index (κ3) is 9.61. The van der Waals surface area contributed by atoms with Crippen molar-refractivity contribution in [3.8, 4) is 0 Å². The molecule has 10 heteroatoms. The van der Waals surface area contributed by atoms with Gasteiger partial charge in [-0.1, -0.05) is 59.7 Å². The lowest BCUT2D eigenvalue weighted by Gasteiger charge is -2.42. The molecule has 4 atom stereocenters. The normalized spacial score (nSPS) is 25.4. The lowest BCUT2D eigenvalue weighted by atomic mass is 10.1. The number of nitrogens with zero attached hydrogens (tertiary/aromatic N) is 5. The molecule has 268 valence electrons. The van der Waals surface area contributed by atoms with Crippen molar-refractivity contribution in [1.82, 2.24) is 29.8 Å². The molecule has 1 N–H and O–H groups in total. The zero-order chi connectivity index (χ0) is 35.3. The average Bonchev–Trinajstić information content (AvgIpc) is 3.60. The molecule has 3 amide bonds. The first-order valence-electron chi connectivity index (χ1n) is 18.2. The minimum absolute atomic E-state index is 0.0822. The van der Waals surface area contributed by atoms with Gasteiger partial charge in [0.25, 0.3) is 0 Å². The number of benzene rings is 2. The van der Waals surface area contributed by atoms with E-state index in [1.165, 1.54) is 22.3 Å². The van der Waals surface area contributed by atoms with Crippen molar-refractivity contribution in [2.24, 2.45) is 0 Å². The molecule has 4 aliphatic heterocycles. The van der Waals surface area contributed by atoms with Crippen LogP contribution in [0.15, 0.2) is 48.5 Å². The number of piperazine rings is 2. The van der Waals surface area contributed by atoms with E-state index in [2.05, 4.69) is 91.3 Å². The highest BCUT2D eigenvalue weighted by molar-refractivity contribution is 5.84. The highest BCUT2D eigenvalue weighted by Gasteiger charge is 2.41. The van der Waals surface area contributed by atoms with Gasteiger partial charge in [0.05, 0.1) is 12.1 Å². The van der Waals surface area contributed by atoms with E-state index in [9.17, 15) is 14.4 Å². The Balaban J connectivity index is 0.000000199. The Morgan fingerprint density at radius 3 is 1.67 bits per heavy atom. The van der Waals surface area contributed by atoms with Crippen molar-refractivity contribution < 1.29 is 19.1 Å². The number of hydrogen-bond donors (Lipinski definition) is 1. The van der Waals surface area contributed by atoms with Crippen LogP contribution in [-0.4, -0.2) is 125 Å². The monoisotopic (exact) mass is 674 g/mol. The second-order valence-electron chi connectivity index (χ2n) is 15.4. The molecule has 2 unspecified atom stereocenters. The Kier molecular flexibility index (Phi) is 12.0. The van der Waals surface area contributed by atoms with Crippen LogP contribution in [0.1, 0.15) is 69.7 Å². The number of amides is 3. The fraction of sp³-hybridized carbons (Fsp3) is 0.615. The Bertz CT molecular complexity index is 1420. The van der Waals surface area contributed by atoms with Crippen LogP contribution in [0.25, 0.3) is 0 Å². The Morgan fingerprint density at radius 1 is 0.735 bits per heavy atom. The maximum Gasteiger partial charge on any atom is 0.410 e. The van der Waals surface area contributed by atoms with Gasteiger partial charge >= 0.3 is 6.09 Å². The van der Waals surface area contributed by atoms with E-state index >= 15 is 0 Å². The quantitative estimate of drug-likeness (QED) is 0.486. The summed E-state index contributed by atoms with van der Waals surface area (Å²) in [5.41, 5.74) is 4.39. The van der Waals surface area contributed by atoms with E-state index in [4.69, 9.17) is 4.74 Å². The topological polar surface area (TPSA) is 88.7 Å². The molecular weight excluding hydrogens is 616 g/mol. The zero-order valence-electron chi connectivity index (χ0n) is 30.8. The Hall–Kier alpha value is -3.47. The fourth-order valence-electron chi connectivity index (χ4n) is 7.45. The molecule has 10 nitrogen and oxygen atoms in total. The smallest absolute Gasteiger partial charge is 0.410 e. The number of hydrogen-bond acceptors (Lipinski definition) is 7. The van der Waals surface area contributed by atoms with Crippen molar-refractivity contribution >= 4 is 17.9 Å². The van der Waals surface area contributed by atoms with Crippen LogP contribution < -0.4 is 5.32 Å². The van der Waals surface area contributed by atoms with Gasteiger partial charge in [0.15, 0.2) is 0 Å². The van der Waals surface area contributed by atoms with Crippen LogP contribution in [0.4, 0.5) is 4.79 Å². The van der Waals surface area contributed by atoms with Crippen LogP contribution in [0, 0.1) is 13.8 Å². The van der Waals surface area contributed by atoms with Crippen molar-refractivity contribution in [3.05, 3.63) is 70.8 Å². The summed E-state index contributed by atoms with van der Waals surface area (Å²) in [6.07, 6.45) is 1.55. The van der Waals surface area contributed by atoms with Crippen LogP contribution in [0.5, 0.6) is 0 Å². The molecule has 4 fully saturated rings.